The highest BCUT2D eigenvalue weighted by Crippen LogP contribution is 2.34. The van der Waals surface area contributed by atoms with Gasteiger partial charge in [0.1, 0.15) is 13.2 Å². The molecule has 1 aromatic heterocycles. The van der Waals surface area contributed by atoms with Crippen molar-refractivity contribution in [3.63, 3.8) is 0 Å². The lowest BCUT2D eigenvalue weighted by atomic mass is 10.2. The Kier molecular flexibility index (Phi) is 6.14. The molecule has 0 saturated carbocycles. The average molecular weight is 391 g/mol. The van der Waals surface area contributed by atoms with E-state index in [1.54, 1.807) is 30.1 Å². The summed E-state index contributed by atoms with van der Waals surface area (Å²) in [5, 5.41) is 20.5. The van der Waals surface area contributed by atoms with Crippen molar-refractivity contribution in [3.05, 3.63) is 18.2 Å². The summed E-state index contributed by atoms with van der Waals surface area (Å²) in [6, 6.07) is 7.45. The number of carbonyl (C=O) groups excluding carboxylic acids is 1. The Morgan fingerprint density at radius 1 is 1.38 bits per heavy atom. The van der Waals surface area contributed by atoms with Crippen LogP contribution >= 0.6 is 23.1 Å². The Labute approximate surface area is 159 Å². The highest BCUT2D eigenvalue weighted by molar-refractivity contribution is 8.01. The molecule has 26 heavy (non-hydrogen) atoms. The number of nitrogens with zero attached hydrogens (tertiary/aromatic N) is 4. The highest BCUT2D eigenvalue weighted by Gasteiger charge is 2.20. The molecule has 0 unspecified atom stereocenters. The summed E-state index contributed by atoms with van der Waals surface area (Å²) in [7, 11) is 1.77. The van der Waals surface area contributed by atoms with Crippen molar-refractivity contribution in [1.29, 1.82) is 5.26 Å². The fourth-order valence-corrected chi connectivity index (χ4v) is 3.91. The molecule has 1 N–H and O–H groups in total. The van der Waals surface area contributed by atoms with Crippen LogP contribution in [0.1, 0.15) is 6.42 Å². The summed E-state index contributed by atoms with van der Waals surface area (Å²) >= 11 is 2.71. The molecule has 1 aliphatic rings. The van der Waals surface area contributed by atoms with E-state index in [0.717, 1.165) is 0 Å². The van der Waals surface area contributed by atoms with Gasteiger partial charge in [0.15, 0.2) is 15.8 Å². The molecule has 3 rings (SSSR count). The molecule has 2 heterocycles. The summed E-state index contributed by atoms with van der Waals surface area (Å²) in [6.45, 7) is 1.30. The first-order valence-corrected chi connectivity index (χ1v) is 9.72. The quantitative estimate of drug-likeness (QED) is 0.718. The standard InChI is InChI=1S/C16H17N5O3S2/c1-18-15-19-20-16(26-15)25-10-14(22)21(6-2-5-17)11-3-4-12-13(9-11)24-8-7-23-12/h3-4,9H,2,6-8,10H2,1H3,(H,18,19). The van der Waals surface area contributed by atoms with E-state index in [4.69, 9.17) is 14.7 Å². The largest absolute Gasteiger partial charge is 0.486 e. The Morgan fingerprint density at radius 2 is 2.19 bits per heavy atom. The SMILES string of the molecule is CNc1nnc(SCC(=O)N(CCC#N)c2ccc3c(c2)OCCO3)s1. The Morgan fingerprint density at radius 3 is 2.92 bits per heavy atom. The van der Waals surface area contributed by atoms with Crippen molar-refractivity contribution >= 4 is 39.8 Å². The van der Waals surface area contributed by atoms with E-state index >= 15 is 0 Å². The predicted molar refractivity (Wildman–Crippen MR) is 100 cm³/mol. The number of nitrogens with one attached hydrogen (secondary N) is 1. The van der Waals surface area contributed by atoms with Gasteiger partial charge in [-0.05, 0) is 12.1 Å². The van der Waals surface area contributed by atoms with Crippen molar-refractivity contribution in [3.8, 4) is 17.6 Å². The first-order valence-electron chi connectivity index (χ1n) is 7.92. The molecular weight excluding hydrogens is 374 g/mol. The third kappa shape index (κ3) is 4.36. The van der Waals surface area contributed by atoms with E-state index in [1.165, 1.54) is 23.1 Å². The van der Waals surface area contributed by atoms with Crippen LogP contribution in [0.15, 0.2) is 22.5 Å². The lowest BCUT2D eigenvalue weighted by molar-refractivity contribution is -0.116. The number of amides is 1. The van der Waals surface area contributed by atoms with Gasteiger partial charge in [0.05, 0.1) is 18.2 Å². The third-order valence-corrected chi connectivity index (χ3v) is 5.58. The van der Waals surface area contributed by atoms with Gasteiger partial charge in [-0.1, -0.05) is 23.1 Å². The second-order valence-electron chi connectivity index (χ2n) is 5.19. The first kappa shape index (κ1) is 18.3. The van der Waals surface area contributed by atoms with Crippen LogP contribution in [0.4, 0.5) is 10.8 Å². The van der Waals surface area contributed by atoms with Gasteiger partial charge in [-0.3, -0.25) is 4.79 Å². The van der Waals surface area contributed by atoms with Crippen molar-refractivity contribution in [2.45, 2.75) is 10.8 Å². The number of aromatic nitrogens is 2. The molecule has 0 saturated heterocycles. The van der Waals surface area contributed by atoms with Crippen LogP contribution in [0.3, 0.4) is 0 Å². The number of fused-ring (bicyclic) bond motifs is 1. The summed E-state index contributed by atoms with van der Waals surface area (Å²) in [4.78, 5) is 14.3. The van der Waals surface area contributed by atoms with Gasteiger partial charge < -0.3 is 19.7 Å². The second-order valence-corrected chi connectivity index (χ2v) is 7.39. The molecule has 2 aromatic rings. The molecule has 0 radical (unpaired) electrons. The van der Waals surface area contributed by atoms with Crippen molar-refractivity contribution in [2.24, 2.45) is 0 Å². The average Bonchev–Trinajstić information content (AvgIpc) is 3.14. The molecule has 1 aliphatic heterocycles. The van der Waals surface area contributed by atoms with Gasteiger partial charge >= 0.3 is 0 Å². The second kappa shape index (κ2) is 8.73. The predicted octanol–water partition coefficient (Wildman–Crippen LogP) is 2.39. The summed E-state index contributed by atoms with van der Waals surface area (Å²) in [5.41, 5.74) is 0.684. The normalized spacial score (nSPS) is 12.3. The number of nitriles is 1. The van der Waals surface area contributed by atoms with Gasteiger partial charge in [-0.15, -0.1) is 10.2 Å². The minimum Gasteiger partial charge on any atom is -0.486 e. The lowest BCUT2D eigenvalue weighted by Gasteiger charge is -2.24. The first-order chi connectivity index (χ1) is 12.7. The summed E-state index contributed by atoms with van der Waals surface area (Å²) in [6.07, 6.45) is 0.244. The lowest BCUT2D eigenvalue weighted by Crippen LogP contribution is -2.33. The summed E-state index contributed by atoms with van der Waals surface area (Å²) in [5.74, 6) is 1.37. The van der Waals surface area contributed by atoms with E-state index in [0.29, 0.717) is 46.4 Å². The molecule has 10 heteroatoms. The van der Waals surface area contributed by atoms with E-state index < -0.39 is 0 Å². The minimum atomic E-state index is -0.108. The van der Waals surface area contributed by atoms with Gasteiger partial charge in [0.25, 0.3) is 0 Å². The van der Waals surface area contributed by atoms with E-state index in [1.807, 2.05) is 0 Å². The summed E-state index contributed by atoms with van der Waals surface area (Å²) < 4.78 is 11.8. The maximum absolute atomic E-state index is 12.7. The van der Waals surface area contributed by atoms with Crippen LogP contribution in [-0.2, 0) is 4.79 Å². The highest BCUT2D eigenvalue weighted by atomic mass is 32.2. The van der Waals surface area contributed by atoms with Crippen LogP contribution in [0.2, 0.25) is 0 Å². The van der Waals surface area contributed by atoms with Gasteiger partial charge in [0.2, 0.25) is 11.0 Å². The Bertz CT molecular complexity index is 820. The smallest absolute Gasteiger partial charge is 0.237 e. The third-order valence-electron chi connectivity index (χ3n) is 3.53. The fourth-order valence-electron chi connectivity index (χ4n) is 2.33. The van der Waals surface area contributed by atoms with Crippen LogP contribution in [0, 0.1) is 11.3 Å². The van der Waals surface area contributed by atoms with Crippen LogP contribution in [-0.4, -0.2) is 48.7 Å². The number of anilines is 2. The Balaban J connectivity index is 1.72. The molecule has 0 fully saturated rings. The number of rotatable bonds is 7. The van der Waals surface area contributed by atoms with Crippen molar-refractivity contribution in [1.82, 2.24) is 10.2 Å². The monoisotopic (exact) mass is 391 g/mol. The molecule has 1 amide bonds. The van der Waals surface area contributed by atoms with Crippen LogP contribution in [0.25, 0.3) is 0 Å². The molecular formula is C16H17N5O3S2. The fraction of sp³-hybridized carbons (Fsp3) is 0.375. The number of ether oxygens (including phenoxy) is 2. The zero-order valence-electron chi connectivity index (χ0n) is 14.1. The minimum absolute atomic E-state index is 0.108. The van der Waals surface area contributed by atoms with Gasteiger partial charge in [-0.2, -0.15) is 5.26 Å². The number of carbonyl (C=O) groups is 1. The number of thioether (sulfide) groups is 1. The number of benzene rings is 1. The molecule has 0 atom stereocenters. The molecule has 8 nitrogen and oxygen atoms in total. The van der Waals surface area contributed by atoms with Crippen LogP contribution in [0.5, 0.6) is 11.5 Å². The molecule has 0 bridgehead atoms. The van der Waals surface area contributed by atoms with Gasteiger partial charge in [0, 0.05) is 25.3 Å². The van der Waals surface area contributed by atoms with Crippen LogP contribution < -0.4 is 19.7 Å². The zero-order chi connectivity index (χ0) is 18.4. The topological polar surface area (TPSA) is 100 Å². The molecule has 136 valence electrons. The van der Waals surface area contributed by atoms with Gasteiger partial charge in [-0.25, -0.2) is 0 Å². The zero-order valence-corrected chi connectivity index (χ0v) is 15.7. The maximum atomic E-state index is 12.7. The van der Waals surface area contributed by atoms with E-state index in [9.17, 15) is 4.79 Å². The molecule has 0 spiro atoms. The molecule has 1 aromatic carbocycles. The number of hydrogen-bond donors (Lipinski definition) is 1. The van der Waals surface area contributed by atoms with Crippen molar-refractivity contribution in [2.75, 3.05) is 42.8 Å². The van der Waals surface area contributed by atoms with Crippen molar-refractivity contribution < 1.29 is 14.3 Å². The molecule has 0 aliphatic carbocycles. The number of hydrogen-bond acceptors (Lipinski definition) is 9. The Hall–Kier alpha value is -2.51. The maximum Gasteiger partial charge on any atom is 0.237 e. The van der Waals surface area contributed by atoms with E-state index in [-0.39, 0.29) is 18.1 Å². The van der Waals surface area contributed by atoms with E-state index in [2.05, 4.69) is 21.6 Å².